The van der Waals surface area contributed by atoms with Crippen LogP contribution in [0.4, 0.5) is 10.1 Å². The van der Waals surface area contributed by atoms with Crippen LogP contribution in [-0.2, 0) is 4.79 Å². The second kappa shape index (κ2) is 6.48. The number of anilines is 1. The first-order chi connectivity index (χ1) is 12.6. The van der Waals surface area contributed by atoms with Gasteiger partial charge in [0.1, 0.15) is 17.3 Å². The second-order valence-corrected chi connectivity index (χ2v) is 6.57. The molecule has 1 heterocycles. The number of halogens is 1. The molecule has 0 amide bonds. The minimum Gasteiger partial charge on any atom is -0.497 e. The second-order valence-electron chi connectivity index (χ2n) is 6.57. The summed E-state index contributed by atoms with van der Waals surface area (Å²) in [5.41, 5.74) is 4.06. The quantitative estimate of drug-likeness (QED) is 0.888. The van der Waals surface area contributed by atoms with Crippen LogP contribution < -0.4 is 14.8 Å². The van der Waals surface area contributed by atoms with E-state index in [2.05, 4.69) is 5.32 Å². The van der Waals surface area contributed by atoms with E-state index in [-0.39, 0.29) is 17.5 Å². The molecule has 0 saturated heterocycles. The number of hydrogen-bond donors (Lipinski definition) is 1. The number of benzene rings is 2. The molecule has 2 aliphatic rings. The summed E-state index contributed by atoms with van der Waals surface area (Å²) in [5.74, 6) is 0.714. The molecule has 4 rings (SSSR count). The average molecular weight is 353 g/mol. The van der Waals surface area contributed by atoms with Crippen LogP contribution in [-0.4, -0.2) is 20.0 Å². The summed E-state index contributed by atoms with van der Waals surface area (Å²) in [5, 5.41) is 3.40. The monoisotopic (exact) mass is 353 g/mol. The van der Waals surface area contributed by atoms with E-state index in [1.807, 2.05) is 12.1 Å². The number of carbonyl (C=O) groups is 1. The molecule has 2 aromatic rings. The van der Waals surface area contributed by atoms with Gasteiger partial charge in [0.05, 0.1) is 14.2 Å². The molecule has 0 fully saturated rings. The molecule has 1 N–H and O–H groups in total. The molecule has 5 heteroatoms. The predicted octanol–water partition coefficient (Wildman–Crippen LogP) is 4.41. The maximum Gasteiger partial charge on any atom is 0.161 e. The lowest BCUT2D eigenvalue weighted by molar-refractivity contribution is -0.116. The van der Waals surface area contributed by atoms with Crippen molar-refractivity contribution < 1.29 is 18.7 Å². The van der Waals surface area contributed by atoms with E-state index in [1.165, 1.54) is 12.1 Å². The molecule has 1 aliphatic heterocycles. The lowest BCUT2D eigenvalue weighted by Gasteiger charge is -2.35. The molecule has 2 aromatic carbocycles. The molecule has 1 aliphatic carbocycles. The summed E-state index contributed by atoms with van der Waals surface area (Å²) in [6.07, 6.45) is 2.13. The first-order valence-corrected chi connectivity index (χ1v) is 8.67. The van der Waals surface area contributed by atoms with Crippen LogP contribution in [0.15, 0.2) is 47.7 Å². The molecule has 26 heavy (non-hydrogen) atoms. The van der Waals surface area contributed by atoms with Gasteiger partial charge in [0.25, 0.3) is 0 Å². The fourth-order valence-corrected chi connectivity index (χ4v) is 3.94. The van der Waals surface area contributed by atoms with Crippen LogP contribution in [0.5, 0.6) is 11.5 Å². The molecule has 4 nitrogen and oxygen atoms in total. The highest BCUT2D eigenvalue weighted by atomic mass is 19.1. The Bertz CT molecular complexity index is 919. The summed E-state index contributed by atoms with van der Waals surface area (Å²) < 4.78 is 24.9. The smallest absolute Gasteiger partial charge is 0.161 e. The fraction of sp³-hybridized carbons (Fsp3) is 0.286. The number of methoxy groups -OCH3 is 2. The summed E-state index contributed by atoms with van der Waals surface area (Å²) in [4.78, 5) is 12.8. The first kappa shape index (κ1) is 16.6. The van der Waals surface area contributed by atoms with Crippen molar-refractivity contribution in [2.75, 3.05) is 19.5 Å². The van der Waals surface area contributed by atoms with Gasteiger partial charge in [0.15, 0.2) is 5.78 Å². The first-order valence-electron chi connectivity index (χ1n) is 8.67. The Kier molecular flexibility index (Phi) is 4.15. The number of Topliss-reactive ketones (excluding diaryl/α,β-unsaturated/α-hetero) is 1. The molecule has 0 unspecified atom stereocenters. The van der Waals surface area contributed by atoms with Crippen molar-refractivity contribution in [2.24, 2.45) is 0 Å². The minimum absolute atomic E-state index is 0.108. The summed E-state index contributed by atoms with van der Waals surface area (Å²) in [6.45, 7) is 0. The summed E-state index contributed by atoms with van der Waals surface area (Å²) in [7, 11) is 3.19. The molecule has 134 valence electrons. The number of hydrogen-bond acceptors (Lipinski definition) is 4. The van der Waals surface area contributed by atoms with Crippen LogP contribution >= 0.6 is 0 Å². The van der Waals surface area contributed by atoms with Gasteiger partial charge < -0.3 is 14.8 Å². The summed E-state index contributed by atoms with van der Waals surface area (Å²) >= 11 is 0. The zero-order chi connectivity index (χ0) is 18.3. The van der Waals surface area contributed by atoms with Gasteiger partial charge in [-0.2, -0.15) is 0 Å². The van der Waals surface area contributed by atoms with Crippen LogP contribution in [0, 0.1) is 5.82 Å². The van der Waals surface area contributed by atoms with E-state index >= 15 is 0 Å². The van der Waals surface area contributed by atoms with Crippen molar-refractivity contribution >= 4 is 11.5 Å². The molecular formula is C21H20FNO3. The van der Waals surface area contributed by atoms with Gasteiger partial charge in [0, 0.05) is 47.0 Å². The van der Waals surface area contributed by atoms with E-state index in [0.29, 0.717) is 17.9 Å². The number of ketones is 1. The van der Waals surface area contributed by atoms with Crippen LogP contribution in [0.2, 0.25) is 0 Å². The largest absolute Gasteiger partial charge is 0.497 e. The maximum atomic E-state index is 14.0. The Labute approximate surface area is 151 Å². The van der Waals surface area contributed by atoms with Gasteiger partial charge >= 0.3 is 0 Å². The fourth-order valence-electron chi connectivity index (χ4n) is 3.94. The highest BCUT2D eigenvalue weighted by Gasteiger charge is 2.37. The molecule has 0 spiro atoms. The molecule has 0 bridgehead atoms. The van der Waals surface area contributed by atoms with E-state index in [0.717, 1.165) is 40.9 Å². The molecular weight excluding hydrogens is 333 g/mol. The molecule has 1 atom stereocenters. The van der Waals surface area contributed by atoms with Crippen LogP contribution in [0.25, 0.3) is 0 Å². The standard InChI is InChI=1S/C21H20FNO3/c1-25-14-10-16-21(18(11-14)26-2)19(12-5-3-6-13(22)9-12)20-15(23-16)7-4-8-17(20)24/h3,5-6,9-11,19,23H,4,7-8H2,1-2H3/t19-/m1/s1. The van der Waals surface area contributed by atoms with E-state index in [4.69, 9.17) is 9.47 Å². The van der Waals surface area contributed by atoms with E-state index < -0.39 is 0 Å². The van der Waals surface area contributed by atoms with Crippen molar-refractivity contribution in [3.8, 4) is 11.5 Å². The number of rotatable bonds is 3. The topological polar surface area (TPSA) is 47.6 Å². The SMILES string of the molecule is COc1cc2c(c(OC)c1)[C@H](c1cccc(F)c1)C1=C(CCCC1=O)N2. The Morgan fingerprint density at radius 3 is 2.69 bits per heavy atom. The van der Waals surface area contributed by atoms with Gasteiger partial charge in [-0.05, 0) is 30.5 Å². The zero-order valence-electron chi connectivity index (χ0n) is 14.8. The number of carbonyl (C=O) groups excluding carboxylic acids is 1. The van der Waals surface area contributed by atoms with E-state index in [1.54, 1.807) is 26.4 Å². The Balaban J connectivity index is 1.99. The number of allylic oxidation sites excluding steroid dienone is 2. The van der Waals surface area contributed by atoms with Gasteiger partial charge in [-0.1, -0.05) is 12.1 Å². The average Bonchev–Trinajstić information content (AvgIpc) is 2.65. The van der Waals surface area contributed by atoms with Gasteiger partial charge in [-0.3, -0.25) is 4.79 Å². The Morgan fingerprint density at radius 2 is 1.96 bits per heavy atom. The number of fused-ring (bicyclic) bond motifs is 1. The number of nitrogens with one attached hydrogen (secondary N) is 1. The molecule has 0 saturated carbocycles. The third kappa shape index (κ3) is 2.64. The van der Waals surface area contributed by atoms with Crippen LogP contribution in [0.1, 0.15) is 36.3 Å². The number of ether oxygens (including phenoxy) is 2. The van der Waals surface area contributed by atoms with Crippen molar-refractivity contribution in [1.29, 1.82) is 0 Å². The van der Waals surface area contributed by atoms with Gasteiger partial charge in [0.2, 0.25) is 0 Å². The zero-order valence-corrected chi connectivity index (χ0v) is 14.8. The third-order valence-electron chi connectivity index (χ3n) is 5.07. The Morgan fingerprint density at radius 1 is 1.12 bits per heavy atom. The van der Waals surface area contributed by atoms with Crippen LogP contribution in [0.3, 0.4) is 0 Å². The van der Waals surface area contributed by atoms with Crippen molar-refractivity contribution in [3.63, 3.8) is 0 Å². The molecule has 0 aromatic heterocycles. The highest BCUT2D eigenvalue weighted by molar-refractivity contribution is 6.01. The molecule has 0 radical (unpaired) electrons. The van der Waals surface area contributed by atoms with Gasteiger partial charge in [-0.25, -0.2) is 4.39 Å². The Hall–Kier alpha value is -2.82. The lowest BCUT2D eigenvalue weighted by atomic mass is 9.75. The van der Waals surface area contributed by atoms with Crippen molar-refractivity contribution in [1.82, 2.24) is 0 Å². The summed E-state index contributed by atoms with van der Waals surface area (Å²) in [6, 6.07) is 10.1. The lowest BCUT2D eigenvalue weighted by Crippen LogP contribution is -2.27. The highest BCUT2D eigenvalue weighted by Crippen LogP contribution is 2.50. The van der Waals surface area contributed by atoms with Crippen molar-refractivity contribution in [3.05, 3.63) is 64.6 Å². The van der Waals surface area contributed by atoms with Gasteiger partial charge in [-0.15, -0.1) is 0 Å². The van der Waals surface area contributed by atoms with E-state index in [9.17, 15) is 9.18 Å². The predicted molar refractivity (Wildman–Crippen MR) is 97.3 cm³/mol. The minimum atomic E-state index is -0.356. The maximum absolute atomic E-state index is 14.0. The van der Waals surface area contributed by atoms with Crippen molar-refractivity contribution in [2.45, 2.75) is 25.2 Å². The third-order valence-corrected chi connectivity index (χ3v) is 5.07. The normalized spacial score (nSPS) is 18.7.